The highest BCUT2D eigenvalue weighted by Gasteiger charge is 2.18. The van der Waals surface area contributed by atoms with Gasteiger partial charge in [-0.2, -0.15) is 0 Å². The molecule has 0 aliphatic rings. The molecule has 0 saturated heterocycles. The summed E-state index contributed by atoms with van der Waals surface area (Å²) >= 11 is 1.12. The Labute approximate surface area is 113 Å². The van der Waals surface area contributed by atoms with Crippen LogP contribution in [0.2, 0.25) is 0 Å². The lowest BCUT2D eigenvalue weighted by Gasteiger charge is -2.06. The second kappa shape index (κ2) is 5.77. The van der Waals surface area contributed by atoms with Gasteiger partial charge in [0, 0.05) is 18.5 Å². The Balaban J connectivity index is 2.37. The Kier molecular flexibility index (Phi) is 4.08. The first-order valence-corrected chi connectivity index (χ1v) is 6.31. The van der Waals surface area contributed by atoms with Crippen LogP contribution in [0.1, 0.15) is 18.6 Å². The van der Waals surface area contributed by atoms with E-state index in [1.807, 2.05) is 0 Å². The lowest BCUT2D eigenvalue weighted by Crippen LogP contribution is -1.96. The second-order valence-corrected chi connectivity index (χ2v) is 4.80. The zero-order valence-corrected chi connectivity index (χ0v) is 10.9. The van der Waals surface area contributed by atoms with Crippen molar-refractivity contribution in [1.29, 1.82) is 0 Å². The third-order valence-electron chi connectivity index (χ3n) is 2.41. The molecule has 2 rings (SSSR count). The maximum absolute atomic E-state index is 11.1. The third-order valence-corrected chi connectivity index (χ3v) is 3.36. The van der Waals surface area contributed by atoms with Gasteiger partial charge in [0.05, 0.1) is 15.9 Å². The van der Waals surface area contributed by atoms with Crippen LogP contribution in [0, 0.1) is 10.1 Å². The maximum Gasteiger partial charge on any atom is 0.283 e. The van der Waals surface area contributed by atoms with Gasteiger partial charge in [-0.1, -0.05) is 6.07 Å². The normalized spacial score (nSPS) is 12.1. The summed E-state index contributed by atoms with van der Waals surface area (Å²) < 4.78 is 0. The summed E-state index contributed by atoms with van der Waals surface area (Å²) in [4.78, 5) is 19.1. The van der Waals surface area contributed by atoms with Crippen molar-refractivity contribution in [3.63, 3.8) is 0 Å². The Bertz CT molecular complexity index is 590. The number of rotatable bonds is 4. The first-order chi connectivity index (χ1) is 9.08. The summed E-state index contributed by atoms with van der Waals surface area (Å²) in [6.07, 6.45) is 2.40. The third kappa shape index (κ3) is 3.27. The van der Waals surface area contributed by atoms with Crippen LogP contribution in [0.15, 0.2) is 46.7 Å². The summed E-state index contributed by atoms with van der Waals surface area (Å²) in [5.74, 6) is 0. The second-order valence-electron chi connectivity index (χ2n) is 3.79. The number of hydrogen-bond donors (Lipinski definition) is 1. The van der Waals surface area contributed by atoms with Gasteiger partial charge in [0.1, 0.15) is 0 Å². The molecule has 0 bridgehead atoms. The van der Waals surface area contributed by atoms with Crippen LogP contribution in [0.4, 0.5) is 5.69 Å². The molecule has 1 aromatic heterocycles. The molecular formula is C12H11N3O3S. The van der Waals surface area contributed by atoms with E-state index >= 15 is 0 Å². The molecule has 0 spiro atoms. The van der Waals surface area contributed by atoms with Crippen LogP contribution in [0.3, 0.4) is 0 Å². The van der Waals surface area contributed by atoms with E-state index < -0.39 is 11.0 Å². The Morgan fingerprint density at radius 2 is 2.05 bits per heavy atom. The summed E-state index contributed by atoms with van der Waals surface area (Å²) in [5, 5.41) is 21.0. The van der Waals surface area contributed by atoms with E-state index in [2.05, 4.69) is 9.97 Å². The zero-order valence-electron chi connectivity index (χ0n) is 10.1. The van der Waals surface area contributed by atoms with E-state index in [0.717, 1.165) is 11.8 Å². The molecule has 0 amide bonds. The minimum atomic E-state index is -0.745. The Hall–Kier alpha value is -1.99. The van der Waals surface area contributed by atoms with Crippen molar-refractivity contribution >= 4 is 17.4 Å². The first-order valence-electron chi connectivity index (χ1n) is 5.49. The van der Waals surface area contributed by atoms with Crippen molar-refractivity contribution in [2.45, 2.75) is 23.1 Å². The van der Waals surface area contributed by atoms with Gasteiger partial charge in [-0.15, -0.1) is 0 Å². The van der Waals surface area contributed by atoms with E-state index in [1.54, 1.807) is 37.5 Å². The zero-order chi connectivity index (χ0) is 13.8. The number of hydrogen-bond acceptors (Lipinski definition) is 6. The molecule has 1 atom stereocenters. The predicted molar refractivity (Wildman–Crippen MR) is 69.9 cm³/mol. The van der Waals surface area contributed by atoms with Crippen molar-refractivity contribution in [2.75, 3.05) is 0 Å². The fourth-order valence-corrected chi connectivity index (χ4v) is 2.26. The lowest BCUT2D eigenvalue weighted by atomic mass is 10.1. The van der Waals surface area contributed by atoms with Gasteiger partial charge in [0.25, 0.3) is 5.69 Å². The maximum atomic E-state index is 11.1. The number of benzene rings is 1. The van der Waals surface area contributed by atoms with E-state index in [0.29, 0.717) is 15.6 Å². The number of aromatic nitrogens is 2. The largest absolute Gasteiger partial charge is 0.389 e. The SMILES string of the molecule is C[C@@H](O)c1ccc(Sc2ncccn2)c([N+](=O)[O-])c1. The highest BCUT2D eigenvalue weighted by atomic mass is 32.2. The van der Waals surface area contributed by atoms with Crippen LogP contribution >= 0.6 is 11.8 Å². The molecule has 0 radical (unpaired) electrons. The summed E-state index contributed by atoms with van der Waals surface area (Å²) in [5.41, 5.74) is 0.445. The fourth-order valence-electron chi connectivity index (χ4n) is 1.46. The van der Waals surface area contributed by atoms with Crippen LogP contribution in [-0.2, 0) is 0 Å². The molecule has 1 heterocycles. The number of aliphatic hydroxyl groups excluding tert-OH is 1. The number of nitrogens with zero attached hydrogens (tertiary/aromatic N) is 3. The molecule has 2 aromatic rings. The topological polar surface area (TPSA) is 89.2 Å². The fraction of sp³-hybridized carbons (Fsp3) is 0.167. The highest BCUT2D eigenvalue weighted by molar-refractivity contribution is 7.99. The van der Waals surface area contributed by atoms with Gasteiger partial charge in [-0.25, -0.2) is 9.97 Å². The Morgan fingerprint density at radius 1 is 1.37 bits per heavy atom. The highest BCUT2D eigenvalue weighted by Crippen LogP contribution is 2.34. The molecule has 0 aliphatic carbocycles. The van der Waals surface area contributed by atoms with Crippen molar-refractivity contribution in [3.8, 4) is 0 Å². The molecule has 7 heteroatoms. The molecule has 1 aromatic carbocycles. The van der Waals surface area contributed by atoms with E-state index in [1.165, 1.54) is 6.07 Å². The smallest absolute Gasteiger partial charge is 0.283 e. The molecule has 98 valence electrons. The average Bonchev–Trinajstić information content (AvgIpc) is 2.39. The molecule has 6 nitrogen and oxygen atoms in total. The standard InChI is InChI=1S/C12H11N3O3S/c1-8(16)9-3-4-11(10(7-9)15(17)18)19-12-13-5-2-6-14-12/h2-8,16H,1H3/t8-/m1/s1. The minimum absolute atomic E-state index is 0.0594. The van der Waals surface area contributed by atoms with Gasteiger partial charge in [-0.05, 0) is 36.4 Å². The Morgan fingerprint density at radius 3 is 2.63 bits per heavy atom. The van der Waals surface area contributed by atoms with Crippen molar-refractivity contribution < 1.29 is 10.0 Å². The molecule has 19 heavy (non-hydrogen) atoms. The number of nitro benzene ring substituents is 1. The summed E-state index contributed by atoms with van der Waals surface area (Å²) in [6, 6.07) is 6.30. The van der Waals surface area contributed by atoms with Crippen LogP contribution < -0.4 is 0 Å². The van der Waals surface area contributed by atoms with Gasteiger partial charge in [0.2, 0.25) is 0 Å². The van der Waals surface area contributed by atoms with Crippen molar-refractivity contribution in [3.05, 3.63) is 52.3 Å². The van der Waals surface area contributed by atoms with Gasteiger partial charge >= 0.3 is 0 Å². The van der Waals surface area contributed by atoms with Crippen LogP contribution in [0.5, 0.6) is 0 Å². The average molecular weight is 277 g/mol. The van der Waals surface area contributed by atoms with Crippen molar-refractivity contribution in [1.82, 2.24) is 9.97 Å². The minimum Gasteiger partial charge on any atom is -0.389 e. The molecule has 0 unspecified atom stereocenters. The molecule has 0 saturated carbocycles. The molecular weight excluding hydrogens is 266 g/mol. The monoisotopic (exact) mass is 277 g/mol. The number of nitro groups is 1. The van der Waals surface area contributed by atoms with Crippen LogP contribution in [0.25, 0.3) is 0 Å². The summed E-state index contributed by atoms with van der Waals surface area (Å²) in [7, 11) is 0. The van der Waals surface area contributed by atoms with E-state index in [-0.39, 0.29) is 5.69 Å². The molecule has 0 fully saturated rings. The van der Waals surface area contributed by atoms with E-state index in [9.17, 15) is 15.2 Å². The van der Waals surface area contributed by atoms with Crippen molar-refractivity contribution in [2.24, 2.45) is 0 Å². The number of aliphatic hydroxyl groups is 1. The van der Waals surface area contributed by atoms with E-state index in [4.69, 9.17) is 0 Å². The quantitative estimate of drug-likeness (QED) is 0.525. The van der Waals surface area contributed by atoms with Gasteiger partial charge < -0.3 is 5.11 Å². The van der Waals surface area contributed by atoms with Crippen LogP contribution in [-0.4, -0.2) is 20.0 Å². The van der Waals surface area contributed by atoms with Gasteiger partial charge in [-0.3, -0.25) is 10.1 Å². The lowest BCUT2D eigenvalue weighted by molar-refractivity contribution is -0.387. The predicted octanol–water partition coefficient (Wildman–Crippen LogP) is 2.59. The first kappa shape index (κ1) is 13.4. The molecule has 0 aliphatic heterocycles. The molecule has 1 N–H and O–H groups in total. The van der Waals surface area contributed by atoms with Gasteiger partial charge in [0.15, 0.2) is 5.16 Å². The summed E-state index contributed by atoms with van der Waals surface area (Å²) in [6.45, 7) is 1.56.